The lowest BCUT2D eigenvalue weighted by molar-refractivity contribution is 0.214. The fourth-order valence-corrected chi connectivity index (χ4v) is 3.24. The van der Waals surface area contributed by atoms with Gasteiger partial charge in [0.05, 0.1) is 6.20 Å². The van der Waals surface area contributed by atoms with Gasteiger partial charge < -0.3 is 5.32 Å². The highest BCUT2D eigenvalue weighted by Gasteiger charge is 2.28. The van der Waals surface area contributed by atoms with Crippen molar-refractivity contribution in [1.29, 1.82) is 0 Å². The Kier molecular flexibility index (Phi) is 4.81. The van der Waals surface area contributed by atoms with Crippen LogP contribution >= 0.6 is 0 Å². The van der Waals surface area contributed by atoms with Gasteiger partial charge in [-0.1, -0.05) is 13.8 Å². The third-order valence-corrected chi connectivity index (χ3v) is 4.22. The molecule has 0 aromatic carbocycles. The fraction of sp³-hybridized carbons (Fsp3) is 0.800. The minimum absolute atomic E-state index is 0.705. The van der Waals surface area contributed by atoms with Crippen LogP contribution in [0.1, 0.15) is 45.6 Å². The lowest BCUT2D eigenvalue weighted by Gasteiger charge is -2.35. The van der Waals surface area contributed by atoms with Gasteiger partial charge in [-0.25, -0.2) is 0 Å². The van der Waals surface area contributed by atoms with Crippen molar-refractivity contribution in [3.63, 3.8) is 0 Å². The van der Waals surface area contributed by atoms with E-state index in [1.54, 1.807) is 0 Å². The molecule has 1 aromatic rings. The SMILES string of the molecule is CCNC1CCC(C)CC1Cc1cnn(CC)c1. The van der Waals surface area contributed by atoms with Crippen molar-refractivity contribution in [2.45, 2.75) is 59.0 Å². The molecule has 1 heterocycles. The Morgan fingerprint density at radius 1 is 1.39 bits per heavy atom. The largest absolute Gasteiger partial charge is 0.314 e. The highest BCUT2D eigenvalue weighted by molar-refractivity contribution is 5.06. The molecule has 1 aromatic heterocycles. The topological polar surface area (TPSA) is 29.9 Å². The summed E-state index contributed by atoms with van der Waals surface area (Å²) in [6.45, 7) is 8.80. The van der Waals surface area contributed by atoms with Gasteiger partial charge in [0.2, 0.25) is 0 Å². The summed E-state index contributed by atoms with van der Waals surface area (Å²) in [5, 5.41) is 8.06. The molecule has 0 spiro atoms. The summed E-state index contributed by atoms with van der Waals surface area (Å²) in [6.07, 6.45) is 9.51. The van der Waals surface area contributed by atoms with E-state index in [1.807, 2.05) is 10.9 Å². The summed E-state index contributed by atoms with van der Waals surface area (Å²) < 4.78 is 2.03. The van der Waals surface area contributed by atoms with Crippen LogP contribution in [-0.2, 0) is 13.0 Å². The second-order valence-corrected chi connectivity index (χ2v) is 5.75. The average Bonchev–Trinajstić information content (AvgIpc) is 2.80. The first-order valence-electron chi connectivity index (χ1n) is 7.47. The van der Waals surface area contributed by atoms with Gasteiger partial charge >= 0.3 is 0 Å². The lowest BCUT2D eigenvalue weighted by atomic mass is 9.76. The van der Waals surface area contributed by atoms with Gasteiger partial charge in [0.15, 0.2) is 0 Å². The number of hydrogen-bond donors (Lipinski definition) is 1. The molecule has 0 saturated heterocycles. The van der Waals surface area contributed by atoms with E-state index < -0.39 is 0 Å². The summed E-state index contributed by atoms with van der Waals surface area (Å²) in [5.41, 5.74) is 1.40. The van der Waals surface area contributed by atoms with Crippen LogP contribution in [0, 0.1) is 11.8 Å². The quantitative estimate of drug-likeness (QED) is 0.869. The maximum atomic E-state index is 4.39. The van der Waals surface area contributed by atoms with Crippen molar-refractivity contribution in [3.8, 4) is 0 Å². The molecule has 1 saturated carbocycles. The number of hydrogen-bond acceptors (Lipinski definition) is 2. The Labute approximate surface area is 111 Å². The summed E-state index contributed by atoms with van der Waals surface area (Å²) >= 11 is 0. The van der Waals surface area contributed by atoms with E-state index in [4.69, 9.17) is 0 Å². The van der Waals surface area contributed by atoms with Crippen LogP contribution < -0.4 is 5.32 Å². The molecule has 1 N–H and O–H groups in total. The Balaban J connectivity index is 1.99. The van der Waals surface area contributed by atoms with Crippen LogP contribution in [0.15, 0.2) is 12.4 Å². The molecule has 102 valence electrons. The maximum absolute atomic E-state index is 4.39. The van der Waals surface area contributed by atoms with E-state index in [9.17, 15) is 0 Å². The van der Waals surface area contributed by atoms with Crippen molar-refractivity contribution >= 4 is 0 Å². The van der Waals surface area contributed by atoms with Crippen LogP contribution in [0.3, 0.4) is 0 Å². The third-order valence-electron chi connectivity index (χ3n) is 4.22. The van der Waals surface area contributed by atoms with Crippen LogP contribution in [-0.4, -0.2) is 22.4 Å². The van der Waals surface area contributed by atoms with E-state index in [0.717, 1.165) is 24.9 Å². The summed E-state index contributed by atoms with van der Waals surface area (Å²) in [4.78, 5) is 0. The molecule has 1 aliphatic carbocycles. The zero-order chi connectivity index (χ0) is 13.0. The van der Waals surface area contributed by atoms with Gasteiger partial charge in [-0.2, -0.15) is 5.10 Å². The summed E-state index contributed by atoms with van der Waals surface area (Å²) in [7, 11) is 0. The molecule has 0 aliphatic heterocycles. The Morgan fingerprint density at radius 3 is 2.89 bits per heavy atom. The highest BCUT2D eigenvalue weighted by atomic mass is 15.3. The standard InChI is InChI=1S/C15H27N3/c1-4-16-15-7-6-12(3)8-14(15)9-13-10-17-18(5-2)11-13/h10-12,14-16H,4-9H2,1-3H3. The molecule has 0 amide bonds. The van der Waals surface area contributed by atoms with E-state index in [0.29, 0.717) is 6.04 Å². The second-order valence-electron chi connectivity index (χ2n) is 5.75. The van der Waals surface area contributed by atoms with Crippen molar-refractivity contribution in [3.05, 3.63) is 18.0 Å². The number of nitrogens with one attached hydrogen (secondary N) is 1. The molecule has 3 heteroatoms. The number of aryl methyl sites for hydroxylation is 1. The van der Waals surface area contributed by atoms with Crippen molar-refractivity contribution < 1.29 is 0 Å². The number of rotatable bonds is 5. The first-order chi connectivity index (χ1) is 8.72. The Hall–Kier alpha value is -0.830. The van der Waals surface area contributed by atoms with E-state index in [-0.39, 0.29) is 0 Å². The Bertz CT molecular complexity index is 358. The zero-order valence-electron chi connectivity index (χ0n) is 12.0. The monoisotopic (exact) mass is 249 g/mol. The van der Waals surface area contributed by atoms with E-state index >= 15 is 0 Å². The third kappa shape index (κ3) is 3.35. The Morgan fingerprint density at radius 2 is 2.22 bits per heavy atom. The average molecular weight is 249 g/mol. The van der Waals surface area contributed by atoms with Gasteiger partial charge in [-0.05, 0) is 56.6 Å². The molecule has 1 fully saturated rings. The van der Waals surface area contributed by atoms with Gasteiger partial charge in [0.25, 0.3) is 0 Å². The minimum atomic E-state index is 0.705. The molecule has 3 atom stereocenters. The van der Waals surface area contributed by atoms with Crippen LogP contribution in [0.25, 0.3) is 0 Å². The second kappa shape index (κ2) is 6.37. The van der Waals surface area contributed by atoms with Gasteiger partial charge in [0, 0.05) is 18.8 Å². The molecule has 1 aliphatic rings. The molecule has 3 nitrogen and oxygen atoms in total. The first-order valence-corrected chi connectivity index (χ1v) is 7.47. The smallest absolute Gasteiger partial charge is 0.0521 e. The van der Waals surface area contributed by atoms with Gasteiger partial charge in [-0.15, -0.1) is 0 Å². The fourth-order valence-electron chi connectivity index (χ4n) is 3.24. The molecular formula is C15H27N3. The molecule has 0 radical (unpaired) electrons. The van der Waals surface area contributed by atoms with Crippen molar-refractivity contribution in [1.82, 2.24) is 15.1 Å². The predicted octanol–water partition coefficient (Wildman–Crippen LogP) is 2.86. The molecular weight excluding hydrogens is 222 g/mol. The van der Waals surface area contributed by atoms with Crippen molar-refractivity contribution in [2.75, 3.05) is 6.54 Å². The molecule has 0 bridgehead atoms. The molecule has 3 unspecified atom stereocenters. The predicted molar refractivity (Wildman–Crippen MR) is 75.6 cm³/mol. The van der Waals surface area contributed by atoms with Crippen molar-refractivity contribution in [2.24, 2.45) is 11.8 Å². The zero-order valence-corrected chi connectivity index (χ0v) is 12.0. The van der Waals surface area contributed by atoms with Crippen LogP contribution in [0.4, 0.5) is 0 Å². The first kappa shape index (κ1) is 13.6. The normalized spacial score (nSPS) is 28.5. The molecule has 18 heavy (non-hydrogen) atoms. The highest BCUT2D eigenvalue weighted by Crippen LogP contribution is 2.31. The minimum Gasteiger partial charge on any atom is -0.314 e. The summed E-state index contributed by atoms with van der Waals surface area (Å²) in [5.74, 6) is 1.66. The molecule has 2 rings (SSSR count). The number of nitrogens with zero attached hydrogens (tertiary/aromatic N) is 2. The van der Waals surface area contributed by atoms with Gasteiger partial charge in [-0.3, -0.25) is 4.68 Å². The van der Waals surface area contributed by atoms with E-state index in [2.05, 4.69) is 37.4 Å². The summed E-state index contributed by atoms with van der Waals surface area (Å²) in [6, 6.07) is 0.705. The van der Waals surface area contributed by atoms with Crippen LogP contribution in [0.5, 0.6) is 0 Å². The van der Waals surface area contributed by atoms with E-state index in [1.165, 1.54) is 31.2 Å². The lowest BCUT2D eigenvalue weighted by Crippen LogP contribution is -2.41. The van der Waals surface area contributed by atoms with Crippen LogP contribution in [0.2, 0.25) is 0 Å². The number of aromatic nitrogens is 2. The maximum Gasteiger partial charge on any atom is 0.0521 e. The van der Waals surface area contributed by atoms with Gasteiger partial charge in [0.1, 0.15) is 0 Å².